The summed E-state index contributed by atoms with van der Waals surface area (Å²) in [6.45, 7) is 3.61. The predicted octanol–water partition coefficient (Wildman–Crippen LogP) is 3.20. The van der Waals surface area contributed by atoms with Gasteiger partial charge in [-0.3, -0.25) is 4.79 Å². The van der Waals surface area contributed by atoms with Gasteiger partial charge in [0.2, 0.25) is 0 Å². The lowest BCUT2D eigenvalue weighted by Gasteiger charge is -2.17. The molecule has 0 aromatic heterocycles. The van der Waals surface area contributed by atoms with Gasteiger partial charge in [-0.1, -0.05) is 17.7 Å². The number of ether oxygens (including phenoxy) is 3. The zero-order valence-corrected chi connectivity index (χ0v) is 14.7. The molecule has 0 aliphatic rings. The van der Waals surface area contributed by atoms with E-state index < -0.39 is 12.1 Å². The predicted molar refractivity (Wildman–Crippen MR) is 94.2 cm³/mol. The lowest BCUT2D eigenvalue weighted by Crippen LogP contribution is -2.30. The average Bonchev–Trinajstić information content (AvgIpc) is 2.63. The largest absolute Gasteiger partial charge is 0.493 e. The second-order valence-corrected chi connectivity index (χ2v) is 5.47. The van der Waals surface area contributed by atoms with Gasteiger partial charge in [-0.2, -0.15) is 0 Å². The summed E-state index contributed by atoms with van der Waals surface area (Å²) in [5.41, 5.74) is 2.14. The van der Waals surface area contributed by atoms with Crippen LogP contribution in [0.4, 0.5) is 5.69 Å². The standard InChI is InChI=1S/C19H21NO5/c1-12-5-8-15(9-6-12)20-18(21)13(2)25-16-10-7-14(19(22)24-4)11-17(16)23-3/h5-11,13H,1-4H3,(H,20,21)/t13-/m0/s1. The van der Waals surface area contributed by atoms with Crippen molar-refractivity contribution in [3.05, 3.63) is 53.6 Å². The van der Waals surface area contributed by atoms with Crippen LogP contribution in [-0.4, -0.2) is 32.2 Å². The van der Waals surface area contributed by atoms with Gasteiger partial charge >= 0.3 is 5.97 Å². The van der Waals surface area contributed by atoms with Gasteiger partial charge in [-0.25, -0.2) is 4.79 Å². The molecule has 0 fully saturated rings. The van der Waals surface area contributed by atoms with Crippen LogP contribution in [0.25, 0.3) is 0 Å². The summed E-state index contributed by atoms with van der Waals surface area (Å²) in [5.74, 6) is -0.0578. The van der Waals surface area contributed by atoms with Crippen molar-refractivity contribution in [2.24, 2.45) is 0 Å². The number of benzene rings is 2. The minimum atomic E-state index is -0.751. The molecular formula is C19H21NO5. The van der Waals surface area contributed by atoms with E-state index in [-0.39, 0.29) is 5.91 Å². The van der Waals surface area contributed by atoms with Crippen LogP contribution < -0.4 is 14.8 Å². The number of hydrogen-bond donors (Lipinski definition) is 1. The number of nitrogens with one attached hydrogen (secondary N) is 1. The third kappa shape index (κ3) is 4.73. The lowest BCUT2D eigenvalue weighted by atomic mass is 10.2. The number of esters is 1. The number of methoxy groups -OCH3 is 2. The Morgan fingerprint density at radius 1 is 1.00 bits per heavy atom. The highest BCUT2D eigenvalue weighted by Gasteiger charge is 2.18. The monoisotopic (exact) mass is 343 g/mol. The van der Waals surface area contributed by atoms with Crippen molar-refractivity contribution in [2.45, 2.75) is 20.0 Å². The fourth-order valence-corrected chi connectivity index (χ4v) is 2.13. The molecule has 1 N–H and O–H groups in total. The minimum absolute atomic E-state index is 0.289. The second-order valence-electron chi connectivity index (χ2n) is 5.47. The number of hydrogen-bond acceptors (Lipinski definition) is 5. The number of rotatable bonds is 6. The molecule has 1 amide bonds. The Labute approximate surface area is 146 Å². The Hall–Kier alpha value is -3.02. The van der Waals surface area contributed by atoms with Crippen molar-refractivity contribution in [2.75, 3.05) is 19.5 Å². The SMILES string of the molecule is COC(=O)c1ccc(O[C@@H](C)C(=O)Nc2ccc(C)cc2)c(OC)c1. The normalized spacial score (nSPS) is 11.4. The smallest absolute Gasteiger partial charge is 0.337 e. The van der Waals surface area contributed by atoms with Gasteiger partial charge in [0, 0.05) is 5.69 Å². The summed E-state index contributed by atoms with van der Waals surface area (Å²) >= 11 is 0. The van der Waals surface area contributed by atoms with E-state index in [0.717, 1.165) is 5.56 Å². The van der Waals surface area contributed by atoms with E-state index in [1.807, 2.05) is 31.2 Å². The van der Waals surface area contributed by atoms with Crippen LogP contribution in [0.5, 0.6) is 11.5 Å². The third-order valence-corrected chi connectivity index (χ3v) is 3.58. The van der Waals surface area contributed by atoms with Gasteiger partial charge in [0.15, 0.2) is 17.6 Å². The van der Waals surface area contributed by atoms with Crippen LogP contribution in [0.15, 0.2) is 42.5 Å². The van der Waals surface area contributed by atoms with E-state index in [2.05, 4.69) is 10.1 Å². The maximum atomic E-state index is 12.3. The first-order chi connectivity index (χ1) is 11.9. The lowest BCUT2D eigenvalue weighted by molar-refractivity contribution is -0.122. The second kappa shape index (κ2) is 8.19. The molecule has 0 unspecified atom stereocenters. The summed E-state index contributed by atoms with van der Waals surface area (Å²) < 4.78 is 15.6. The highest BCUT2D eigenvalue weighted by atomic mass is 16.5. The van der Waals surface area contributed by atoms with E-state index in [4.69, 9.17) is 9.47 Å². The quantitative estimate of drug-likeness (QED) is 0.816. The summed E-state index contributed by atoms with van der Waals surface area (Å²) in [4.78, 5) is 23.8. The molecule has 0 aliphatic carbocycles. The summed E-state index contributed by atoms with van der Waals surface area (Å²) in [6.07, 6.45) is -0.751. The molecule has 0 bridgehead atoms. The zero-order chi connectivity index (χ0) is 18.4. The molecule has 0 radical (unpaired) electrons. The molecule has 2 rings (SSSR count). The van der Waals surface area contributed by atoms with E-state index >= 15 is 0 Å². The van der Waals surface area contributed by atoms with Crippen LogP contribution in [0.3, 0.4) is 0 Å². The molecular weight excluding hydrogens is 322 g/mol. The third-order valence-electron chi connectivity index (χ3n) is 3.58. The van der Waals surface area contributed by atoms with E-state index in [1.165, 1.54) is 20.3 Å². The summed E-state index contributed by atoms with van der Waals surface area (Å²) in [7, 11) is 2.76. The van der Waals surface area contributed by atoms with Gasteiger partial charge in [0.05, 0.1) is 19.8 Å². The minimum Gasteiger partial charge on any atom is -0.493 e. The van der Waals surface area contributed by atoms with Crippen molar-refractivity contribution >= 4 is 17.6 Å². The van der Waals surface area contributed by atoms with Crippen LogP contribution in [-0.2, 0) is 9.53 Å². The number of amides is 1. The van der Waals surface area contributed by atoms with Crippen molar-refractivity contribution in [1.82, 2.24) is 0 Å². The molecule has 25 heavy (non-hydrogen) atoms. The van der Waals surface area contributed by atoms with Crippen LogP contribution in [0.2, 0.25) is 0 Å². The Morgan fingerprint density at radius 2 is 1.68 bits per heavy atom. The first kappa shape index (κ1) is 18.3. The zero-order valence-electron chi connectivity index (χ0n) is 14.7. The Bertz CT molecular complexity index is 755. The molecule has 0 saturated heterocycles. The Balaban J connectivity index is 2.08. The van der Waals surface area contributed by atoms with Gasteiger partial charge in [-0.15, -0.1) is 0 Å². The fraction of sp³-hybridized carbons (Fsp3) is 0.263. The number of anilines is 1. The molecule has 0 aliphatic heterocycles. The maximum absolute atomic E-state index is 12.3. The van der Waals surface area contributed by atoms with Crippen molar-refractivity contribution < 1.29 is 23.8 Å². The van der Waals surface area contributed by atoms with Crippen molar-refractivity contribution in [3.8, 4) is 11.5 Å². The average molecular weight is 343 g/mol. The van der Waals surface area contributed by atoms with Crippen LogP contribution in [0, 0.1) is 6.92 Å². The van der Waals surface area contributed by atoms with Gasteiger partial charge in [0.25, 0.3) is 5.91 Å². The highest BCUT2D eigenvalue weighted by molar-refractivity contribution is 5.94. The molecule has 6 nitrogen and oxygen atoms in total. The molecule has 2 aromatic carbocycles. The van der Waals surface area contributed by atoms with Crippen LogP contribution in [0.1, 0.15) is 22.8 Å². The Kier molecular flexibility index (Phi) is 6.00. The summed E-state index contributed by atoms with van der Waals surface area (Å²) in [6, 6.07) is 12.1. The molecule has 6 heteroatoms. The van der Waals surface area contributed by atoms with Crippen molar-refractivity contribution in [1.29, 1.82) is 0 Å². The van der Waals surface area contributed by atoms with Gasteiger partial charge in [0.1, 0.15) is 0 Å². The first-order valence-electron chi connectivity index (χ1n) is 7.75. The van der Waals surface area contributed by atoms with Crippen molar-refractivity contribution in [3.63, 3.8) is 0 Å². The van der Waals surface area contributed by atoms with Gasteiger partial charge in [-0.05, 0) is 44.2 Å². The number of carbonyl (C=O) groups is 2. The topological polar surface area (TPSA) is 73.9 Å². The molecule has 132 valence electrons. The molecule has 1 atom stereocenters. The number of carbonyl (C=O) groups excluding carboxylic acids is 2. The molecule has 0 heterocycles. The molecule has 0 saturated carbocycles. The number of aryl methyl sites for hydroxylation is 1. The van der Waals surface area contributed by atoms with E-state index in [0.29, 0.717) is 22.7 Å². The molecule has 2 aromatic rings. The fourth-order valence-electron chi connectivity index (χ4n) is 2.13. The van der Waals surface area contributed by atoms with E-state index in [9.17, 15) is 9.59 Å². The first-order valence-corrected chi connectivity index (χ1v) is 7.75. The Morgan fingerprint density at radius 3 is 2.28 bits per heavy atom. The van der Waals surface area contributed by atoms with Gasteiger partial charge < -0.3 is 19.5 Å². The summed E-state index contributed by atoms with van der Waals surface area (Å²) in [5, 5.41) is 2.79. The molecule has 0 spiro atoms. The van der Waals surface area contributed by atoms with Crippen LogP contribution >= 0.6 is 0 Å². The van der Waals surface area contributed by atoms with E-state index in [1.54, 1.807) is 19.1 Å². The highest BCUT2D eigenvalue weighted by Crippen LogP contribution is 2.29. The maximum Gasteiger partial charge on any atom is 0.337 e.